The maximum Gasteiger partial charge on any atom is 0.264 e. The van der Waals surface area contributed by atoms with E-state index >= 15 is 0 Å². The molecule has 0 aliphatic rings. The van der Waals surface area contributed by atoms with Crippen molar-refractivity contribution in [1.82, 2.24) is 10.2 Å². The van der Waals surface area contributed by atoms with Gasteiger partial charge in [-0.05, 0) is 53.9 Å². The molecule has 0 heterocycles. The fraction of sp³-hybridized carbons (Fsp3) is 0.257. The van der Waals surface area contributed by atoms with Crippen molar-refractivity contribution in [3.05, 3.63) is 125 Å². The van der Waals surface area contributed by atoms with E-state index in [9.17, 15) is 18.0 Å². The SMILES string of the molecule is CCCCNC(=O)C(Cc1ccccc1)N(Cc1cccc(OC)c1)C(=O)CN(c1ccccc1Cl)S(=O)(=O)c1ccccc1. The highest BCUT2D eigenvalue weighted by Crippen LogP contribution is 2.31. The molecule has 0 fully saturated rings. The molecule has 4 rings (SSSR count). The van der Waals surface area contributed by atoms with Gasteiger partial charge in [0.1, 0.15) is 18.3 Å². The third-order valence-electron chi connectivity index (χ3n) is 7.32. The zero-order valence-electron chi connectivity index (χ0n) is 25.4. The summed E-state index contributed by atoms with van der Waals surface area (Å²) in [6.45, 7) is 1.94. The van der Waals surface area contributed by atoms with Crippen LogP contribution in [-0.2, 0) is 32.6 Å². The number of para-hydroxylation sites is 1. The molecule has 0 radical (unpaired) electrons. The van der Waals surface area contributed by atoms with Crippen molar-refractivity contribution in [3.63, 3.8) is 0 Å². The number of methoxy groups -OCH3 is 1. The monoisotopic (exact) mass is 647 g/mol. The summed E-state index contributed by atoms with van der Waals surface area (Å²) in [6, 6.07) is 30.1. The summed E-state index contributed by atoms with van der Waals surface area (Å²) >= 11 is 6.52. The Morgan fingerprint density at radius 2 is 1.51 bits per heavy atom. The number of nitrogens with one attached hydrogen (secondary N) is 1. The van der Waals surface area contributed by atoms with Crippen LogP contribution < -0.4 is 14.4 Å². The van der Waals surface area contributed by atoms with Gasteiger partial charge < -0.3 is 15.0 Å². The van der Waals surface area contributed by atoms with Crippen LogP contribution in [0.4, 0.5) is 5.69 Å². The van der Waals surface area contributed by atoms with Crippen LogP contribution in [0, 0.1) is 0 Å². The predicted molar refractivity (Wildman–Crippen MR) is 178 cm³/mol. The van der Waals surface area contributed by atoms with E-state index < -0.39 is 28.5 Å². The molecular weight excluding hydrogens is 610 g/mol. The zero-order valence-corrected chi connectivity index (χ0v) is 27.0. The van der Waals surface area contributed by atoms with Crippen LogP contribution in [0.3, 0.4) is 0 Å². The molecule has 1 atom stereocenters. The van der Waals surface area contributed by atoms with Crippen LogP contribution in [0.15, 0.2) is 114 Å². The first-order valence-corrected chi connectivity index (χ1v) is 16.6. The highest BCUT2D eigenvalue weighted by Gasteiger charge is 2.35. The first-order valence-electron chi connectivity index (χ1n) is 14.8. The van der Waals surface area contributed by atoms with E-state index in [1.807, 2.05) is 43.3 Å². The summed E-state index contributed by atoms with van der Waals surface area (Å²) in [6.07, 6.45) is 1.90. The number of unbranched alkanes of at least 4 members (excludes halogenated alkanes) is 1. The lowest BCUT2D eigenvalue weighted by atomic mass is 10.0. The van der Waals surface area contributed by atoms with Gasteiger partial charge in [0.2, 0.25) is 11.8 Å². The van der Waals surface area contributed by atoms with Crippen LogP contribution in [0.25, 0.3) is 0 Å². The molecule has 0 bridgehead atoms. The van der Waals surface area contributed by atoms with Crippen molar-refractivity contribution in [2.45, 2.75) is 43.7 Å². The molecule has 1 unspecified atom stereocenters. The summed E-state index contributed by atoms with van der Waals surface area (Å²) < 4.78 is 34.5. The number of amides is 2. The molecule has 0 aliphatic carbocycles. The lowest BCUT2D eigenvalue weighted by molar-refractivity contribution is -0.140. The normalized spacial score (nSPS) is 11.8. The van der Waals surface area contributed by atoms with E-state index in [1.54, 1.807) is 67.8 Å². The van der Waals surface area contributed by atoms with E-state index in [-0.39, 0.29) is 34.5 Å². The smallest absolute Gasteiger partial charge is 0.264 e. The summed E-state index contributed by atoms with van der Waals surface area (Å²) in [5, 5.41) is 3.16. The number of rotatable bonds is 15. The fourth-order valence-electron chi connectivity index (χ4n) is 4.91. The molecule has 2 amide bonds. The van der Waals surface area contributed by atoms with E-state index in [1.165, 1.54) is 17.0 Å². The van der Waals surface area contributed by atoms with Crippen molar-refractivity contribution >= 4 is 39.1 Å². The van der Waals surface area contributed by atoms with Gasteiger partial charge in [-0.1, -0.05) is 97.7 Å². The third-order valence-corrected chi connectivity index (χ3v) is 9.41. The Labute approximate surface area is 270 Å². The number of benzene rings is 4. The Morgan fingerprint density at radius 3 is 2.18 bits per heavy atom. The summed E-state index contributed by atoms with van der Waals surface area (Å²) in [7, 11) is -2.68. The number of sulfonamides is 1. The van der Waals surface area contributed by atoms with Crippen LogP contribution in [-0.4, -0.2) is 51.4 Å². The van der Waals surface area contributed by atoms with E-state index in [0.717, 1.165) is 28.3 Å². The average Bonchev–Trinajstić information content (AvgIpc) is 3.06. The van der Waals surface area contributed by atoms with Crippen LogP contribution >= 0.6 is 11.6 Å². The second kappa shape index (κ2) is 16.1. The second-order valence-electron chi connectivity index (χ2n) is 10.5. The lowest BCUT2D eigenvalue weighted by Crippen LogP contribution is -2.53. The van der Waals surface area contributed by atoms with Crippen molar-refractivity contribution in [2.75, 3.05) is 24.5 Å². The van der Waals surface area contributed by atoms with Crippen LogP contribution in [0.2, 0.25) is 5.02 Å². The Morgan fingerprint density at radius 1 is 0.867 bits per heavy atom. The molecule has 8 nitrogen and oxygen atoms in total. The predicted octanol–water partition coefficient (Wildman–Crippen LogP) is 6.10. The summed E-state index contributed by atoms with van der Waals surface area (Å²) in [5.41, 5.74) is 1.73. The van der Waals surface area contributed by atoms with Gasteiger partial charge in [-0.3, -0.25) is 13.9 Å². The molecule has 45 heavy (non-hydrogen) atoms. The molecule has 4 aromatic rings. The topological polar surface area (TPSA) is 96.0 Å². The standard InChI is InChI=1S/C35H38ClN3O5S/c1-3-4-22-37-35(41)33(24-27-14-7-5-8-15-27)38(25-28-16-13-17-29(23-28)44-2)34(40)26-39(32-21-12-11-20-31(32)36)45(42,43)30-18-9-6-10-19-30/h5-21,23,33H,3-4,22,24-26H2,1-2H3,(H,37,41). The first-order chi connectivity index (χ1) is 21.7. The number of nitrogens with zero attached hydrogens (tertiary/aromatic N) is 2. The minimum Gasteiger partial charge on any atom is -0.497 e. The number of hydrogen-bond acceptors (Lipinski definition) is 5. The Hall–Kier alpha value is -4.34. The van der Waals surface area contributed by atoms with Crippen molar-refractivity contribution < 1.29 is 22.7 Å². The molecule has 4 aromatic carbocycles. The molecule has 0 aromatic heterocycles. The van der Waals surface area contributed by atoms with Crippen LogP contribution in [0.1, 0.15) is 30.9 Å². The maximum atomic E-state index is 14.5. The molecule has 1 N–H and O–H groups in total. The Kier molecular flexibility index (Phi) is 12.0. The van der Waals surface area contributed by atoms with Gasteiger partial charge in [-0.25, -0.2) is 8.42 Å². The van der Waals surface area contributed by atoms with Crippen molar-refractivity contribution in [1.29, 1.82) is 0 Å². The van der Waals surface area contributed by atoms with Gasteiger partial charge >= 0.3 is 0 Å². The van der Waals surface area contributed by atoms with Gasteiger partial charge in [0, 0.05) is 19.5 Å². The molecule has 10 heteroatoms. The molecule has 0 saturated carbocycles. The molecule has 0 spiro atoms. The van der Waals surface area contributed by atoms with Crippen molar-refractivity contribution in [3.8, 4) is 5.75 Å². The number of halogens is 1. The van der Waals surface area contributed by atoms with E-state index in [4.69, 9.17) is 16.3 Å². The number of carbonyl (C=O) groups is 2. The number of hydrogen-bond donors (Lipinski definition) is 1. The molecule has 236 valence electrons. The second-order valence-corrected chi connectivity index (χ2v) is 12.8. The summed E-state index contributed by atoms with van der Waals surface area (Å²) in [5.74, 6) is -0.293. The highest BCUT2D eigenvalue weighted by atomic mass is 35.5. The summed E-state index contributed by atoms with van der Waals surface area (Å²) in [4.78, 5) is 29.8. The third kappa shape index (κ3) is 8.86. The lowest BCUT2D eigenvalue weighted by Gasteiger charge is -2.34. The van der Waals surface area contributed by atoms with Gasteiger partial charge in [0.15, 0.2) is 0 Å². The quantitative estimate of drug-likeness (QED) is 0.157. The van der Waals surface area contributed by atoms with Crippen LogP contribution in [0.5, 0.6) is 5.75 Å². The van der Waals surface area contributed by atoms with E-state index in [2.05, 4.69) is 5.32 Å². The van der Waals surface area contributed by atoms with Gasteiger partial charge in [0.05, 0.1) is 22.7 Å². The fourth-order valence-corrected chi connectivity index (χ4v) is 6.66. The van der Waals surface area contributed by atoms with E-state index in [0.29, 0.717) is 12.3 Å². The van der Waals surface area contributed by atoms with Crippen molar-refractivity contribution in [2.24, 2.45) is 0 Å². The average molecular weight is 648 g/mol. The van der Waals surface area contributed by atoms with Gasteiger partial charge in [-0.15, -0.1) is 0 Å². The van der Waals surface area contributed by atoms with Gasteiger partial charge in [0.25, 0.3) is 10.0 Å². The Bertz CT molecular complexity index is 1670. The number of anilines is 1. The minimum absolute atomic E-state index is 0.00945. The minimum atomic E-state index is -4.23. The Balaban J connectivity index is 1.80. The number of ether oxygens (including phenoxy) is 1. The molecule has 0 aliphatic heterocycles. The highest BCUT2D eigenvalue weighted by molar-refractivity contribution is 7.92. The zero-order chi connectivity index (χ0) is 32.2. The largest absolute Gasteiger partial charge is 0.497 e. The first kappa shape index (κ1) is 33.6. The molecular formula is C35H38ClN3O5S. The molecule has 0 saturated heterocycles. The maximum absolute atomic E-state index is 14.5. The van der Waals surface area contributed by atoms with Gasteiger partial charge in [-0.2, -0.15) is 0 Å². The number of carbonyl (C=O) groups excluding carboxylic acids is 2.